The zero-order valence-corrected chi connectivity index (χ0v) is 8.70. The van der Waals surface area contributed by atoms with Gasteiger partial charge in [-0.25, -0.2) is 4.98 Å². The predicted octanol–water partition coefficient (Wildman–Crippen LogP) is 0.670. The lowest BCUT2D eigenvalue weighted by atomic mass is 10.2. The fraction of sp³-hybridized carbons (Fsp3) is 0.600. The minimum absolute atomic E-state index is 0.458. The first-order valence-corrected chi connectivity index (χ1v) is 4.78. The number of nitrogens with zero attached hydrogens (tertiary/aromatic N) is 3. The Morgan fingerprint density at radius 3 is 3.07 bits per heavy atom. The topological polar surface area (TPSA) is 42.7 Å². The fourth-order valence-electron chi connectivity index (χ4n) is 1.09. The third-order valence-corrected chi connectivity index (χ3v) is 1.97. The molecule has 0 bridgehead atoms. The first-order valence-electron chi connectivity index (χ1n) is 4.78. The zero-order valence-electron chi connectivity index (χ0n) is 8.70. The van der Waals surface area contributed by atoms with Crippen molar-refractivity contribution >= 4 is 0 Å². The molecule has 0 radical (unpaired) electrons. The Labute approximate surface area is 84.7 Å². The highest BCUT2D eigenvalue weighted by Gasteiger charge is 2.00. The van der Waals surface area contributed by atoms with Crippen LogP contribution < -0.4 is 5.32 Å². The van der Waals surface area contributed by atoms with Crippen LogP contribution in [0.5, 0.6) is 0 Å². The van der Waals surface area contributed by atoms with E-state index in [2.05, 4.69) is 34.2 Å². The molecule has 0 amide bonds. The van der Waals surface area contributed by atoms with Gasteiger partial charge in [-0.15, -0.1) is 5.92 Å². The van der Waals surface area contributed by atoms with Crippen molar-refractivity contribution in [2.75, 3.05) is 6.54 Å². The second-order valence-electron chi connectivity index (χ2n) is 3.16. The lowest BCUT2D eigenvalue weighted by molar-refractivity contribution is 0.475. The van der Waals surface area contributed by atoms with Crippen molar-refractivity contribution in [3.05, 3.63) is 12.7 Å². The average Bonchev–Trinajstić information content (AvgIpc) is 2.68. The van der Waals surface area contributed by atoms with Gasteiger partial charge in [0.2, 0.25) is 0 Å². The maximum Gasteiger partial charge on any atom is 0.137 e. The van der Waals surface area contributed by atoms with E-state index in [-0.39, 0.29) is 0 Å². The number of rotatable bonds is 5. The first-order chi connectivity index (χ1) is 6.83. The van der Waals surface area contributed by atoms with Crippen molar-refractivity contribution in [3.8, 4) is 11.8 Å². The van der Waals surface area contributed by atoms with E-state index in [1.54, 1.807) is 12.7 Å². The summed E-state index contributed by atoms with van der Waals surface area (Å²) in [6.07, 6.45) is 4.33. The van der Waals surface area contributed by atoms with Crippen LogP contribution in [0.1, 0.15) is 20.3 Å². The molecule has 0 aliphatic heterocycles. The fourth-order valence-corrected chi connectivity index (χ4v) is 1.09. The molecule has 1 heterocycles. The van der Waals surface area contributed by atoms with Crippen molar-refractivity contribution in [2.45, 2.75) is 32.9 Å². The summed E-state index contributed by atoms with van der Waals surface area (Å²) in [6.45, 7) is 5.65. The van der Waals surface area contributed by atoms with Crippen LogP contribution in [0.2, 0.25) is 0 Å². The van der Waals surface area contributed by atoms with E-state index < -0.39 is 0 Å². The van der Waals surface area contributed by atoms with E-state index in [9.17, 15) is 0 Å². The van der Waals surface area contributed by atoms with Crippen molar-refractivity contribution in [3.63, 3.8) is 0 Å². The molecular formula is C10H16N4. The van der Waals surface area contributed by atoms with Crippen LogP contribution in [-0.4, -0.2) is 27.4 Å². The smallest absolute Gasteiger partial charge is 0.137 e. The van der Waals surface area contributed by atoms with Crippen LogP contribution in [0.4, 0.5) is 0 Å². The molecule has 1 unspecified atom stereocenters. The summed E-state index contributed by atoms with van der Waals surface area (Å²) in [5, 5.41) is 7.35. The first kappa shape index (κ1) is 10.7. The van der Waals surface area contributed by atoms with E-state index >= 15 is 0 Å². The summed E-state index contributed by atoms with van der Waals surface area (Å²) in [4.78, 5) is 3.88. The van der Waals surface area contributed by atoms with Crippen LogP contribution in [0.3, 0.4) is 0 Å². The SMILES string of the molecule is CC#CCNC(C)CCn1cncn1. The average molecular weight is 192 g/mol. The zero-order chi connectivity index (χ0) is 10.2. The summed E-state index contributed by atoms with van der Waals surface area (Å²) in [5.41, 5.74) is 0. The summed E-state index contributed by atoms with van der Waals surface area (Å²) in [6, 6.07) is 0.458. The molecule has 1 aromatic rings. The Morgan fingerprint density at radius 1 is 1.57 bits per heavy atom. The van der Waals surface area contributed by atoms with E-state index in [0.29, 0.717) is 6.04 Å². The van der Waals surface area contributed by atoms with Crippen LogP contribution in [0, 0.1) is 11.8 Å². The van der Waals surface area contributed by atoms with Gasteiger partial charge in [-0.2, -0.15) is 5.10 Å². The monoisotopic (exact) mass is 192 g/mol. The molecule has 1 aromatic heterocycles. The molecule has 0 aliphatic carbocycles. The van der Waals surface area contributed by atoms with Gasteiger partial charge in [-0.3, -0.25) is 4.68 Å². The lowest BCUT2D eigenvalue weighted by Gasteiger charge is -2.10. The van der Waals surface area contributed by atoms with Crippen LogP contribution >= 0.6 is 0 Å². The van der Waals surface area contributed by atoms with Gasteiger partial charge in [0.25, 0.3) is 0 Å². The summed E-state index contributed by atoms with van der Waals surface area (Å²) < 4.78 is 1.84. The third kappa shape index (κ3) is 4.06. The quantitative estimate of drug-likeness (QED) is 0.697. The van der Waals surface area contributed by atoms with Crippen LogP contribution in [0.15, 0.2) is 12.7 Å². The van der Waals surface area contributed by atoms with E-state index in [1.807, 2.05) is 11.6 Å². The van der Waals surface area contributed by atoms with Gasteiger partial charge in [-0.1, -0.05) is 5.92 Å². The summed E-state index contributed by atoms with van der Waals surface area (Å²) in [5.74, 6) is 5.83. The molecule has 76 valence electrons. The van der Waals surface area contributed by atoms with Crippen molar-refractivity contribution in [1.29, 1.82) is 0 Å². The Balaban J connectivity index is 2.14. The molecule has 4 nitrogen and oxygen atoms in total. The molecule has 0 aliphatic rings. The lowest BCUT2D eigenvalue weighted by Crippen LogP contribution is -2.27. The highest BCUT2D eigenvalue weighted by atomic mass is 15.3. The van der Waals surface area contributed by atoms with Gasteiger partial charge in [0.1, 0.15) is 12.7 Å². The maximum atomic E-state index is 4.03. The van der Waals surface area contributed by atoms with Gasteiger partial charge in [-0.05, 0) is 20.3 Å². The highest BCUT2D eigenvalue weighted by molar-refractivity contribution is 4.97. The predicted molar refractivity (Wildman–Crippen MR) is 55.6 cm³/mol. The molecule has 0 spiro atoms. The Bertz CT molecular complexity index is 294. The normalized spacial score (nSPS) is 11.9. The van der Waals surface area contributed by atoms with E-state index in [0.717, 1.165) is 19.5 Å². The number of aromatic nitrogens is 3. The third-order valence-electron chi connectivity index (χ3n) is 1.97. The molecule has 1 rings (SSSR count). The maximum absolute atomic E-state index is 4.03. The second kappa shape index (κ2) is 6.17. The van der Waals surface area contributed by atoms with Crippen LogP contribution in [0.25, 0.3) is 0 Å². The summed E-state index contributed by atoms with van der Waals surface area (Å²) >= 11 is 0. The molecule has 4 heteroatoms. The Morgan fingerprint density at radius 2 is 2.43 bits per heavy atom. The van der Waals surface area contributed by atoms with Crippen LogP contribution in [-0.2, 0) is 6.54 Å². The second-order valence-corrected chi connectivity index (χ2v) is 3.16. The van der Waals surface area contributed by atoms with Gasteiger partial charge in [0, 0.05) is 12.6 Å². The van der Waals surface area contributed by atoms with Gasteiger partial charge >= 0.3 is 0 Å². The number of nitrogens with one attached hydrogen (secondary N) is 1. The molecule has 0 saturated heterocycles. The number of hydrogen-bond acceptors (Lipinski definition) is 3. The number of hydrogen-bond donors (Lipinski definition) is 1. The van der Waals surface area contributed by atoms with Gasteiger partial charge in [0.05, 0.1) is 6.54 Å². The van der Waals surface area contributed by atoms with Gasteiger partial charge in [0.15, 0.2) is 0 Å². The minimum atomic E-state index is 0.458. The molecule has 14 heavy (non-hydrogen) atoms. The Kier molecular flexibility index (Phi) is 4.73. The standard InChI is InChI=1S/C10H16N4/c1-3-4-6-12-10(2)5-7-14-9-11-8-13-14/h8-10,12H,5-7H2,1-2H3. The van der Waals surface area contributed by atoms with Gasteiger partial charge < -0.3 is 5.32 Å². The molecule has 0 fully saturated rings. The van der Waals surface area contributed by atoms with Crippen molar-refractivity contribution in [2.24, 2.45) is 0 Å². The Hall–Kier alpha value is -1.34. The molecular weight excluding hydrogens is 176 g/mol. The number of aryl methyl sites for hydroxylation is 1. The largest absolute Gasteiger partial charge is 0.304 e. The molecule has 1 atom stereocenters. The highest BCUT2D eigenvalue weighted by Crippen LogP contribution is 1.93. The van der Waals surface area contributed by atoms with Crippen molar-refractivity contribution in [1.82, 2.24) is 20.1 Å². The van der Waals surface area contributed by atoms with E-state index in [4.69, 9.17) is 0 Å². The minimum Gasteiger partial charge on any atom is -0.304 e. The molecule has 1 N–H and O–H groups in total. The molecule has 0 saturated carbocycles. The molecule has 0 aromatic carbocycles. The van der Waals surface area contributed by atoms with Crippen molar-refractivity contribution < 1.29 is 0 Å². The van der Waals surface area contributed by atoms with E-state index in [1.165, 1.54) is 0 Å². The summed E-state index contributed by atoms with van der Waals surface area (Å²) in [7, 11) is 0.